The van der Waals surface area contributed by atoms with Crippen molar-refractivity contribution in [3.63, 3.8) is 0 Å². The fourth-order valence-corrected chi connectivity index (χ4v) is 4.25. The molecule has 0 radical (unpaired) electrons. The van der Waals surface area contributed by atoms with Gasteiger partial charge in [-0.25, -0.2) is 0 Å². The lowest BCUT2D eigenvalue weighted by Crippen LogP contribution is -2.54. The number of rotatable bonds is 0. The van der Waals surface area contributed by atoms with E-state index < -0.39 is 0 Å². The maximum Gasteiger partial charge on any atom is 0.0366 e. The summed E-state index contributed by atoms with van der Waals surface area (Å²) in [7, 11) is 0. The Morgan fingerprint density at radius 1 is 1.22 bits per heavy atom. The van der Waals surface area contributed by atoms with Crippen LogP contribution in [0.4, 0.5) is 0 Å². The van der Waals surface area contributed by atoms with E-state index in [9.17, 15) is 0 Å². The highest BCUT2D eigenvalue weighted by Crippen LogP contribution is 2.40. The molecule has 3 aliphatic rings. The van der Waals surface area contributed by atoms with Crippen molar-refractivity contribution in [1.82, 2.24) is 10.2 Å². The average Bonchev–Trinajstić information content (AvgIpc) is 2.45. The molecule has 1 aromatic rings. The Morgan fingerprint density at radius 3 is 3.17 bits per heavy atom. The molecule has 4 rings (SSSR count). The van der Waals surface area contributed by atoms with E-state index >= 15 is 0 Å². The topological polar surface area (TPSA) is 15.3 Å². The summed E-state index contributed by atoms with van der Waals surface area (Å²) in [6.07, 6.45) is 5.37. The summed E-state index contributed by atoms with van der Waals surface area (Å²) in [5.74, 6) is 0.903. The van der Waals surface area contributed by atoms with Gasteiger partial charge in [-0.2, -0.15) is 0 Å². The summed E-state index contributed by atoms with van der Waals surface area (Å²) in [5.41, 5.74) is 3.20. The predicted molar refractivity (Wildman–Crippen MR) is 73.6 cm³/mol. The lowest BCUT2D eigenvalue weighted by Gasteiger charge is -2.49. The highest BCUT2D eigenvalue weighted by Gasteiger charge is 2.39. The van der Waals surface area contributed by atoms with Crippen LogP contribution in [-0.4, -0.2) is 30.6 Å². The third kappa shape index (κ3) is 1.70. The van der Waals surface area contributed by atoms with Gasteiger partial charge in [0, 0.05) is 25.2 Å². The molecule has 3 aliphatic heterocycles. The zero-order valence-electron chi connectivity index (χ0n) is 10.9. The molecule has 2 nitrogen and oxygen atoms in total. The maximum absolute atomic E-state index is 3.76. The van der Waals surface area contributed by atoms with Crippen LogP contribution < -0.4 is 5.32 Å². The van der Waals surface area contributed by atoms with Crippen molar-refractivity contribution >= 4 is 0 Å². The van der Waals surface area contributed by atoms with Crippen molar-refractivity contribution in [3.8, 4) is 0 Å². The van der Waals surface area contributed by atoms with Gasteiger partial charge in [0.05, 0.1) is 0 Å². The molecule has 0 aromatic heterocycles. The highest BCUT2D eigenvalue weighted by atomic mass is 15.2. The zero-order chi connectivity index (χ0) is 11.9. The van der Waals surface area contributed by atoms with Crippen LogP contribution >= 0.6 is 0 Å². The summed E-state index contributed by atoms with van der Waals surface area (Å²) in [6.45, 7) is 3.82. The maximum atomic E-state index is 3.76. The smallest absolute Gasteiger partial charge is 0.0366 e. The van der Waals surface area contributed by atoms with E-state index in [-0.39, 0.29) is 0 Å². The molecule has 2 heteroatoms. The third-order valence-electron chi connectivity index (χ3n) is 5.20. The summed E-state index contributed by atoms with van der Waals surface area (Å²) in [5, 5.41) is 3.76. The van der Waals surface area contributed by atoms with Crippen molar-refractivity contribution in [2.75, 3.05) is 19.6 Å². The summed E-state index contributed by atoms with van der Waals surface area (Å²) >= 11 is 0. The van der Waals surface area contributed by atoms with E-state index in [1.165, 1.54) is 45.3 Å². The lowest BCUT2D eigenvalue weighted by atomic mass is 9.77. The molecule has 2 fully saturated rings. The van der Waals surface area contributed by atoms with Crippen LogP contribution in [-0.2, 0) is 6.42 Å². The fraction of sp³-hybridized carbons (Fsp3) is 0.625. The zero-order valence-corrected chi connectivity index (χ0v) is 10.9. The van der Waals surface area contributed by atoms with Crippen LogP contribution in [0.3, 0.4) is 0 Å². The van der Waals surface area contributed by atoms with Crippen LogP contribution in [0.5, 0.6) is 0 Å². The van der Waals surface area contributed by atoms with Crippen LogP contribution in [0.25, 0.3) is 0 Å². The van der Waals surface area contributed by atoms with Crippen LogP contribution in [0.2, 0.25) is 0 Å². The van der Waals surface area contributed by atoms with E-state index in [2.05, 4.69) is 34.5 Å². The molecule has 18 heavy (non-hydrogen) atoms. The highest BCUT2D eigenvalue weighted by molar-refractivity contribution is 5.33. The standard InChI is InChI=1S/C16H22N2/c1-2-6-14-12(4-1)7-9-18-11-13-5-3-8-17-15(13)10-16(14)18/h1-2,4,6,13,15-17H,3,5,7-11H2/t13?,15?,16-/m0/s1. The van der Waals surface area contributed by atoms with Gasteiger partial charge < -0.3 is 5.32 Å². The Bertz CT molecular complexity index is 442. The minimum atomic E-state index is 0.682. The van der Waals surface area contributed by atoms with E-state index in [1.54, 1.807) is 11.1 Å². The second-order valence-corrected chi connectivity index (χ2v) is 6.16. The van der Waals surface area contributed by atoms with Crippen LogP contribution in [0.15, 0.2) is 24.3 Å². The molecule has 2 saturated heterocycles. The molecule has 3 atom stereocenters. The van der Waals surface area contributed by atoms with Gasteiger partial charge in [0.25, 0.3) is 0 Å². The molecular formula is C16H22N2. The molecule has 1 N–H and O–H groups in total. The van der Waals surface area contributed by atoms with Crippen molar-refractivity contribution in [2.45, 2.75) is 37.8 Å². The molecule has 0 amide bonds. The van der Waals surface area contributed by atoms with E-state index in [4.69, 9.17) is 0 Å². The number of fused-ring (bicyclic) bond motifs is 4. The van der Waals surface area contributed by atoms with E-state index in [0.29, 0.717) is 6.04 Å². The molecule has 2 unspecified atom stereocenters. The quantitative estimate of drug-likeness (QED) is 0.751. The minimum absolute atomic E-state index is 0.682. The first-order valence-electron chi connectivity index (χ1n) is 7.47. The van der Waals surface area contributed by atoms with Gasteiger partial charge in [0.15, 0.2) is 0 Å². The Morgan fingerprint density at radius 2 is 2.17 bits per heavy atom. The Hall–Kier alpha value is -0.860. The van der Waals surface area contributed by atoms with Gasteiger partial charge in [-0.05, 0) is 49.3 Å². The second-order valence-electron chi connectivity index (χ2n) is 6.16. The molecule has 0 saturated carbocycles. The first-order chi connectivity index (χ1) is 8.92. The van der Waals surface area contributed by atoms with Crippen LogP contribution in [0.1, 0.15) is 36.4 Å². The van der Waals surface area contributed by atoms with Crippen molar-refractivity contribution in [1.29, 1.82) is 0 Å². The van der Waals surface area contributed by atoms with Gasteiger partial charge >= 0.3 is 0 Å². The first kappa shape index (κ1) is 11.0. The largest absolute Gasteiger partial charge is 0.314 e. The van der Waals surface area contributed by atoms with Crippen molar-refractivity contribution in [3.05, 3.63) is 35.4 Å². The Balaban J connectivity index is 1.64. The summed E-state index contributed by atoms with van der Waals surface area (Å²) in [6, 6.07) is 10.5. The minimum Gasteiger partial charge on any atom is -0.314 e. The van der Waals surface area contributed by atoms with Gasteiger partial charge in [-0.3, -0.25) is 4.90 Å². The first-order valence-corrected chi connectivity index (χ1v) is 7.47. The molecule has 3 heterocycles. The van der Waals surface area contributed by atoms with E-state index in [1.807, 2.05) is 0 Å². The fourth-order valence-electron chi connectivity index (χ4n) is 4.25. The van der Waals surface area contributed by atoms with Crippen molar-refractivity contribution < 1.29 is 0 Å². The van der Waals surface area contributed by atoms with Gasteiger partial charge in [0.2, 0.25) is 0 Å². The van der Waals surface area contributed by atoms with Gasteiger partial charge in [0.1, 0.15) is 0 Å². The number of hydrogen-bond donors (Lipinski definition) is 1. The predicted octanol–water partition coefficient (Wildman–Crippen LogP) is 2.36. The molecular weight excluding hydrogens is 220 g/mol. The Kier molecular flexibility index (Phi) is 2.66. The van der Waals surface area contributed by atoms with Gasteiger partial charge in [-0.15, -0.1) is 0 Å². The van der Waals surface area contributed by atoms with Crippen LogP contribution in [0, 0.1) is 5.92 Å². The molecule has 0 aliphatic carbocycles. The molecule has 0 spiro atoms. The monoisotopic (exact) mass is 242 g/mol. The van der Waals surface area contributed by atoms with Gasteiger partial charge in [-0.1, -0.05) is 24.3 Å². The third-order valence-corrected chi connectivity index (χ3v) is 5.20. The normalized spacial score (nSPS) is 35.4. The number of hydrogen-bond acceptors (Lipinski definition) is 2. The average molecular weight is 242 g/mol. The van der Waals surface area contributed by atoms with Crippen molar-refractivity contribution in [2.24, 2.45) is 5.92 Å². The summed E-state index contributed by atoms with van der Waals surface area (Å²) < 4.78 is 0. The number of piperidine rings is 2. The molecule has 0 bridgehead atoms. The number of nitrogens with zero attached hydrogens (tertiary/aromatic N) is 1. The number of benzene rings is 1. The number of nitrogens with one attached hydrogen (secondary N) is 1. The SMILES string of the molecule is c1ccc2c(c1)CCN1CC3CCCNC3C[C@@H]21. The second kappa shape index (κ2) is 4.36. The lowest BCUT2D eigenvalue weighted by molar-refractivity contribution is 0.0552. The molecule has 1 aromatic carbocycles. The molecule has 96 valence electrons. The summed E-state index contributed by atoms with van der Waals surface area (Å²) in [4.78, 5) is 2.75. The Labute approximate surface area is 109 Å². The van der Waals surface area contributed by atoms with E-state index in [0.717, 1.165) is 12.0 Å².